The van der Waals surface area contributed by atoms with Crippen molar-refractivity contribution in [3.63, 3.8) is 0 Å². The second-order valence-electron chi connectivity index (χ2n) is 6.32. The first-order valence-electron chi connectivity index (χ1n) is 7.75. The smallest absolute Gasteiger partial charge is 0.415 e. The van der Waals surface area contributed by atoms with Crippen LogP contribution in [0.15, 0.2) is 60.7 Å². The van der Waals surface area contributed by atoms with Crippen molar-refractivity contribution in [3.05, 3.63) is 60.7 Å². The van der Waals surface area contributed by atoms with Gasteiger partial charge in [0.1, 0.15) is 12.1 Å². The molecule has 0 aliphatic heterocycles. The molecular weight excluding hydrogens is 304 g/mol. The van der Waals surface area contributed by atoms with E-state index < -0.39 is 11.7 Å². The number of nitrogens with one attached hydrogen (secondary N) is 1. The monoisotopic (exact) mass is 326 g/mol. The maximum absolute atomic E-state index is 12.5. The number of carbonyl (C=O) groups is 2. The lowest BCUT2D eigenvalue weighted by Crippen LogP contribution is -2.41. The molecule has 0 bridgehead atoms. The van der Waals surface area contributed by atoms with Crippen LogP contribution in [0.4, 0.5) is 16.2 Å². The van der Waals surface area contributed by atoms with Crippen molar-refractivity contribution in [1.29, 1.82) is 0 Å². The molecule has 0 saturated heterocycles. The van der Waals surface area contributed by atoms with Gasteiger partial charge in [0.25, 0.3) is 0 Å². The summed E-state index contributed by atoms with van der Waals surface area (Å²) in [5.41, 5.74) is 0.648. The Morgan fingerprint density at radius 2 is 1.50 bits per heavy atom. The van der Waals surface area contributed by atoms with Gasteiger partial charge in [-0.25, -0.2) is 4.79 Å². The van der Waals surface area contributed by atoms with E-state index >= 15 is 0 Å². The lowest BCUT2D eigenvalue weighted by atomic mass is 10.2. The minimum Gasteiger partial charge on any atom is -0.443 e. The summed E-state index contributed by atoms with van der Waals surface area (Å²) in [6.45, 7) is 5.24. The van der Waals surface area contributed by atoms with Gasteiger partial charge in [-0.05, 0) is 45.0 Å². The summed E-state index contributed by atoms with van der Waals surface area (Å²) in [6, 6.07) is 18.1. The van der Waals surface area contributed by atoms with Crippen molar-refractivity contribution < 1.29 is 14.3 Å². The maximum atomic E-state index is 12.5. The number of hydrogen-bond donors (Lipinski definition) is 1. The summed E-state index contributed by atoms with van der Waals surface area (Å²) in [6.07, 6.45) is -0.558. The largest absolute Gasteiger partial charge is 0.443 e. The number of para-hydroxylation sites is 2. The molecule has 2 aromatic rings. The van der Waals surface area contributed by atoms with Gasteiger partial charge in [-0.2, -0.15) is 0 Å². The molecule has 5 heteroatoms. The topological polar surface area (TPSA) is 58.6 Å². The van der Waals surface area contributed by atoms with Crippen molar-refractivity contribution in [2.24, 2.45) is 0 Å². The molecule has 5 nitrogen and oxygen atoms in total. The quantitative estimate of drug-likeness (QED) is 0.921. The zero-order valence-corrected chi connectivity index (χ0v) is 14.2. The summed E-state index contributed by atoms with van der Waals surface area (Å²) in [4.78, 5) is 26.1. The Kier molecular flexibility index (Phi) is 5.58. The first-order chi connectivity index (χ1) is 11.3. The van der Waals surface area contributed by atoms with E-state index in [1.165, 1.54) is 4.90 Å². The second-order valence-corrected chi connectivity index (χ2v) is 6.32. The highest BCUT2D eigenvalue weighted by molar-refractivity contribution is 6.00. The van der Waals surface area contributed by atoms with E-state index in [0.29, 0.717) is 11.4 Å². The van der Waals surface area contributed by atoms with Crippen LogP contribution in [0.3, 0.4) is 0 Å². The Morgan fingerprint density at radius 3 is 2.04 bits per heavy atom. The van der Waals surface area contributed by atoms with E-state index in [9.17, 15) is 9.59 Å². The van der Waals surface area contributed by atoms with Crippen LogP contribution in [0.1, 0.15) is 20.8 Å². The number of carbonyl (C=O) groups excluding carboxylic acids is 2. The number of anilines is 2. The summed E-state index contributed by atoms with van der Waals surface area (Å²) in [7, 11) is 0. The van der Waals surface area contributed by atoms with Crippen molar-refractivity contribution in [3.8, 4) is 0 Å². The van der Waals surface area contributed by atoms with Gasteiger partial charge in [0, 0.05) is 11.4 Å². The Morgan fingerprint density at radius 1 is 0.958 bits per heavy atom. The van der Waals surface area contributed by atoms with E-state index in [2.05, 4.69) is 5.32 Å². The molecular formula is C19H22N2O3. The predicted octanol–water partition coefficient (Wildman–Crippen LogP) is 4.07. The molecule has 2 amide bonds. The Hall–Kier alpha value is -2.82. The molecule has 0 heterocycles. The molecule has 0 aliphatic rings. The van der Waals surface area contributed by atoms with Crippen molar-refractivity contribution in [2.75, 3.05) is 16.8 Å². The number of amides is 2. The van der Waals surface area contributed by atoms with Crippen LogP contribution in [0.25, 0.3) is 0 Å². The van der Waals surface area contributed by atoms with Crippen LogP contribution in [-0.4, -0.2) is 24.1 Å². The molecule has 0 fully saturated rings. The first kappa shape index (κ1) is 17.5. The summed E-state index contributed by atoms with van der Waals surface area (Å²) in [5.74, 6) is -0.295. The van der Waals surface area contributed by atoms with Gasteiger partial charge in [0.05, 0.1) is 0 Å². The minimum absolute atomic E-state index is 0.131. The average Bonchev–Trinajstić information content (AvgIpc) is 2.52. The predicted molar refractivity (Wildman–Crippen MR) is 95.1 cm³/mol. The molecule has 0 atom stereocenters. The highest BCUT2D eigenvalue weighted by Crippen LogP contribution is 2.18. The molecule has 1 N–H and O–H groups in total. The summed E-state index contributed by atoms with van der Waals surface area (Å²) in [5, 5.41) is 2.77. The Labute approximate surface area is 142 Å². The maximum Gasteiger partial charge on any atom is 0.415 e. The zero-order valence-electron chi connectivity index (χ0n) is 14.2. The second kappa shape index (κ2) is 7.64. The first-order valence-corrected chi connectivity index (χ1v) is 7.75. The van der Waals surface area contributed by atoms with Gasteiger partial charge in [0.15, 0.2) is 0 Å². The standard InChI is InChI=1S/C19H22N2O3/c1-19(2,3)24-18(23)21(16-12-8-5-9-13-16)14-17(22)20-15-10-6-4-7-11-15/h4-13H,14H2,1-3H3,(H,20,22). The zero-order chi connectivity index (χ0) is 17.6. The molecule has 24 heavy (non-hydrogen) atoms. The van der Waals surface area contributed by atoms with E-state index in [4.69, 9.17) is 4.74 Å². The minimum atomic E-state index is -0.639. The Balaban J connectivity index is 2.14. The average molecular weight is 326 g/mol. The van der Waals surface area contributed by atoms with E-state index in [1.54, 1.807) is 45.0 Å². The molecule has 0 unspecified atom stereocenters. The van der Waals surface area contributed by atoms with Crippen LogP contribution < -0.4 is 10.2 Å². The van der Waals surface area contributed by atoms with Gasteiger partial charge in [-0.15, -0.1) is 0 Å². The molecule has 0 saturated carbocycles. The molecule has 2 aromatic carbocycles. The fraction of sp³-hybridized carbons (Fsp3) is 0.263. The third-order valence-corrected chi connectivity index (χ3v) is 3.04. The van der Waals surface area contributed by atoms with Crippen LogP contribution in [0.5, 0.6) is 0 Å². The Bertz CT molecular complexity index is 679. The van der Waals surface area contributed by atoms with Gasteiger partial charge in [-0.3, -0.25) is 9.69 Å². The number of rotatable bonds is 4. The fourth-order valence-electron chi connectivity index (χ4n) is 2.05. The highest BCUT2D eigenvalue weighted by Gasteiger charge is 2.25. The fourth-order valence-corrected chi connectivity index (χ4v) is 2.05. The van der Waals surface area contributed by atoms with E-state index in [1.807, 2.05) is 36.4 Å². The summed E-state index contributed by atoms with van der Waals surface area (Å²) >= 11 is 0. The number of hydrogen-bond acceptors (Lipinski definition) is 3. The van der Waals surface area contributed by atoms with Gasteiger partial charge in [-0.1, -0.05) is 36.4 Å². The molecule has 0 aromatic heterocycles. The third-order valence-electron chi connectivity index (χ3n) is 3.04. The van der Waals surface area contributed by atoms with Crippen LogP contribution >= 0.6 is 0 Å². The van der Waals surface area contributed by atoms with Crippen molar-refractivity contribution in [1.82, 2.24) is 0 Å². The number of nitrogens with zero attached hydrogens (tertiary/aromatic N) is 1. The van der Waals surface area contributed by atoms with Crippen LogP contribution in [-0.2, 0) is 9.53 Å². The molecule has 126 valence electrons. The van der Waals surface area contributed by atoms with Crippen molar-refractivity contribution >= 4 is 23.4 Å². The summed E-state index contributed by atoms with van der Waals surface area (Å²) < 4.78 is 5.41. The van der Waals surface area contributed by atoms with Crippen LogP contribution in [0, 0.1) is 0 Å². The lowest BCUT2D eigenvalue weighted by Gasteiger charge is -2.27. The third kappa shape index (κ3) is 5.43. The van der Waals surface area contributed by atoms with E-state index in [-0.39, 0.29) is 12.5 Å². The normalized spacial score (nSPS) is 10.8. The molecule has 0 spiro atoms. The van der Waals surface area contributed by atoms with Crippen LogP contribution in [0.2, 0.25) is 0 Å². The molecule has 0 aliphatic carbocycles. The number of ether oxygens (including phenoxy) is 1. The SMILES string of the molecule is CC(C)(C)OC(=O)N(CC(=O)Nc1ccccc1)c1ccccc1. The highest BCUT2D eigenvalue weighted by atomic mass is 16.6. The lowest BCUT2D eigenvalue weighted by molar-refractivity contribution is -0.115. The van der Waals surface area contributed by atoms with Gasteiger partial charge >= 0.3 is 6.09 Å². The molecule has 2 rings (SSSR count). The number of benzene rings is 2. The van der Waals surface area contributed by atoms with Gasteiger partial charge < -0.3 is 10.1 Å². The van der Waals surface area contributed by atoms with Gasteiger partial charge in [0.2, 0.25) is 5.91 Å². The van der Waals surface area contributed by atoms with E-state index in [0.717, 1.165) is 0 Å². The van der Waals surface area contributed by atoms with Crippen molar-refractivity contribution in [2.45, 2.75) is 26.4 Å². The molecule has 0 radical (unpaired) electrons.